The Hall–Kier alpha value is -0.770. The lowest BCUT2D eigenvalue weighted by molar-refractivity contribution is 0.231. The van der Waals surface area contributed by atoms with Crippen molar-refractivity contribution in [2.75, 3.05) is 20.1 Å². The summed E-state index contributed by atoms with van der Waals surface area (Å²) >= 11 is 0. The lowest BCUT2D eigenvalue weighted by Gasteiger charge is -2.25. The average Bonchev–Trinajstić information content (AvgIpc) is 2.96. The Morgan fingerprint density at radius 3 is 2.62 bits per heavy atom. The van der Waals surface area contributed by atoms with Crippen LogP contribution in [0.5, 0.6) is 0 Å². The quantitative estimate of drug-likeness (QED) is 0.302. The number of hydrogen-bond donors (Lipinski definition) is 2. The second kappa shape index (κ2) is 5.53. The molecule has 3 N–H and O–H groups in total. The summed E-state index contributed by atoms with van der Waals surface area (Å²) in [6.07, 6.45) is 4.36. The average molecular weight is 227 g/mol. The Labute approximate surface area is 98.5 Å². The monoisotopic (exact) mass is 227 g/mol. The summed E-state index contributed by atoms with van der Waals surface area (Å²) in [5.74, 6) is 1.11. The Balaban J connectivity index is 2.35. The van der Waals surface area contributed by atoms with Crippen LogP contribution in [0.3, 0.4) is 0 Å². The first-order valence-corrected chi connectivity index (χ1v) is 6.16. The van der Waals surface area contributed by atoms with Crippen molar-refractivity contribution in [3.8, 4) is 0 Å². The highest BCUT2D eigenvalue weighted by Crippen LogP contribution is 2.49. The zero-order chi connectivity index (χ0) is 12.2. The molecule has 1 unspecified atom stereocenters. The highest BCUT2D eigenvalue weighted by atomic mass is 16.4. The summed E-state index contributed by atoms with van der Waals surface area (Å²) in [4.78, 5) is 2.38. The second-order valence-corrected chi connectivity index (χ2v) is 5.48. The highest BCUT2D eigenvalue weighted by Gasteiger charge is 2.44. The van der Waals surface area contributed by atoms with Crippen molar-refractivity contribution in [1.29, 1.82) is 0 Å². The van der Waals surface area contributed by atoms with Crippen molar-refractivity contribution < 1.29 is 5.21 Å². The first kappa shape index (κ1) is 13.3. The van der Waals surface area contributed by atoms with E-state index in [1.54, 1.807) is 0 Å². The van der Waals surface area contributed by atoms with Crippen LogP contribution < -0.4 is 5.73 Å². The van der Waals surface area contributed by atoms with E-state index >= 15 is 0 Å². The van der Waals surface area contributed by atoms with Crippen molar-refractivity contribution in [2.24, 2.45) is 22.2 Å². The zero-order valence-electron chi connectivity index (χ0n) is 10.7. The molecule has 0 radical (unpaired) electrons. The molecule has 0 aromatic rings. The molecule has 1 saturated carbocycles. The fourth-order valence-corrected chi connectivity index (χ4v) is 2.29. The molecule has 1 aliphatic carbocycles. The summed E-state index contributed by atoms with van der Waals surface area (Å²) in [6.45, 7) is 6.70. The number of nitrogens with two attached hydrogens (primary N) is 1. The van der Waals surface area contributed by atoms with E-state index in [2.05, 4.69) is 31.0 Å². The molecule has 16 heavy (non-hydrogen) atoms. The van der Waals surface area contributed by atoms with Gasteiger partial charge in [-0.2, -0.15) is 0 Å². The minimum Gasteiger partial charge on any atom is -0.409 e. The van der Waals surface area contributed by atoms with Gasteiger partial charge in [-0.25, -0.2) is 0 Å². The molecule has 1 fully saturated rings. The zero-order valence-corrected chi connectivity index (χ0v) is 10.7. The van der Waals surface area contributed by atoms with Gasteiger partial charge >= 0.3 is 0 Å². The Kier molecular flexibility index (Phi) is 4.59. The van der Waals surface area contributed by atoms with Crippen LogP contribution in [-0.4, -0.2) is 36.1 Å². The maximum Gasteiger partial charge on any atom is 0.139 e. The molecule has 0 heterocycles. The van der Waals surface area contributed by atoms with E-state index < -0.39 is 0 Å². The number of hydrogen-bond acceptors (Lipinski definition) is 3. The molecule has 1 rings (SSSR count). The van der Waals surface area contributed by atoms with Gasteiger partial charge in [0.1, 0.15) is 5.84 Å². The molecule has 0 amide bonds. The number of rotatable bonds is 7. The molecule has 94 valence electrons. The van der Waals surface area contributed by atoms with E-state index in [-0.39, 0.29) is 0 Å². The predicted molar refractivity (Wildman–Crippen MR) is 66.6 cm³/mol. The maximum absolute atomic E-state index is 8.59. The van der Waals surface area contributed by atoms with Crippen LogP contribution in [0.4, 0.5) is 0 Å². The van der Waals surface area contributed by atoms with E-state index in [0.29, 0.717) is 11.3 Å². The third-order valence-corrected chi connectivity index (χ3v) is 3.57. The van der Waals surface area contributed by atoms with Crippen LogP contribution in [-0.2, 0) is 0 Å². The Bertz CT molecular complexity index is 249. The maximum atomic E-state index is 8.59. The molecule has 1 aliphatic rings. The molecule has 0 aromatic carbocycles. The van der Waals surface area contributed by atoms with Gasteiger partial charge in [0, 0.05) is 19.5 Å². The second-order valence-electron chi connectivity index (χ2n) is 5.48. The lowest BCUT2D eigenvalue weighted by Crippen LogP contribution is -2.32. The number of nitrogens with zero attached hydrogens (tertiary/aromatic N) is 2. The lowest BCUT2D eigenvalue weighted by atomic mass is 10.0. The van der Waals surface area contributed by atoms with Crippen LogP contribution in [0.25, 0.3) is 0 Å². The van der Waals surface area contributed by atoms with Gasteiger partial charge in [-0.3, -0.25) is 0 Å². The van der Waals surface area contributed by atoms with Gasteiger partial charge in [-0.1, -0.05) is 25.4 Å². The van der Waals surface area contributed by atoms with E-state index in [0.717, 1.165) is 25.4 Å². The van der Waals surface area contributed by atoms with Crippen LogP contribution in [0.2, 0.25) is 0 Å². The fourth-order valence-electron chi connectivity index (χ4n) is 2.29. The Morgan fingerprint density at radius 2 is 2.19 bits per heavy atom. The standard InChI is InChI=1S/C12H25N3O/c1-4-10(2)8-15(3)9-12(5-6-12)7-11(13)14-16/h10,16H,4-9H2,1-3H3,(H2,13,14). The molecule has 0 bridgehead atoms. The SMILES string of the molecule is CCC(C)CN(C)CC1(CC(N)=NO)CC1. The molecule has 0 saturated heterocycles. The van der Waals surface area contributed by atoms with Gasteiger partial charge in [0.2, 0.25) is 0 Å². The molecular weight excluding hydrogens is 202 g/mol. The van der Waals surface area contributed by atoms with Crippen molar-refractivity contribution in [2.45, 2.75) is 39.5 Å². The van der Waals surface area contributed by atoms with Crippen molar-refractivity contribution >= 4 is 5.84 Å². The van der Waals surface area contributed by atoms with Gasteiger partial charge < -0.3 is 15.8 Å². The normalized spacial score (nSPS) is 21.1. The molecule has 1 atom stereocenters. The predicted octanol–water partition coefficient (Wildman–Crippen LogP) is 1.88. The molecule has 0 aromatic heterocycles. The number of oxime groups is 1. The van der Waals surface area contributed by atoms with Crippen LogP contribution in [0, 0.1) is 11.3 Å². The van der Waals surface area contributed by atoms with Gasteiger partial charge in [0.05, 0.1) is 0 Å². The van der Waals surface area contributed by atoms with E-state index in [4.69, 9.17) is 10.9 Å². The van der Waals surface area contributed by atoms with Gasteiger partial charge in [-0.05, 0) is 31.2 Å². The summed E-state index contributed by atoms with van der Waals surface area (Å²) < 4.78 is 0. The van der Waals surface area contributed by atoms with Crippen LogP contribution in [0.15, 0.2) is 5.16 Å². The van der Waals surface area contributed by atoms with Crippen LogP contribution in [0.1, 0.15) is 39.5 Å². The molecule has 0 aliphatic heterocycles. The van der Waals surface area contributed by atoms with Crippen molar-refractivity contribution in [3.05, 3.63) is 0 Å². The summed E-state index contributed by atoms with van der Waals surface area (Å²) in [7, 11) is 2.17. The molecule has 4 heteroatoms. The first-order chi connectivity index (χ1) is 7.51. The summed E-state index contributed by atoms with van der Waals surface area (Å²) in [5.41, 5.74) is 5.87. The molecule has 4 nitrogen and oxygen atoms in total. The third-order valence-electron chi connectivity index (χ3n) is 3.57. The van der Waals surface area contributed by atoms with Crippen molar-refractivity contribution in [1.82, 2.24) is 4.90 Å². The highest BCUT2D eigenvalue weighted by molar-refractivity contribution is 5.80. The fraction of sp³-hybridized carbons (Fsp3) is 0.917. The van der Waals surface area contributed by atoms with Gasteiger partial charge in [0.15, 0.2) is 0 Å². The summed E-state index contributed by atoms with van der Waals surface area (Å²) in [5, 5.41) is 11.7. The topological polar surface area (TPSA) is 61.8 Å². The largest absolute Gasteiger partial charge is 0.409 e. The number of amidine groups is 1. The minimum absolute atomic E-state index is 0.290. The minimum atomic E-state index is 0.290. The Morgan fingerprint density at radius 1 is 1.56 bits per heavy atom. The van der Waals surface area contributed by atoms with Crippen molar-refractivity contribution in [3.63, 3.8) is 0 Å². The van der Waals surface area contributed by atoms with Gasteiger partial charge in [-0.15, -0.1) is 0 Å². The smallest absolute Gasteiger partial charge is 0.139 e. The third kappa shape index (κ3) is 4.00. The van der Waals surface area contributed by atoms with Crippen LogP contribution >= 0.6 is 0 Å². The van der Waals surface area contributed by atoms with E-state index in [1.165, 1.54) is 19.3 Å². The first-order valence-electron chi connectivity index (χ1n) is 6.16. The van der Waals surface area contributed by atoms with Gasteiger partial charge in [0.25, 0.3) is 0 Å². The van der Waals surface area contributed by atoms with E-state index in [1.807, 2.05) is 0 Å². The molecular formula is C12H25N3O. The molecule has 0 spiro atoms. The van der Waals surface area contributed by atoms with E-state index in [9.17, 15) is 0 Å². The summed E-state index contributed by atoms with van der Waals surface area (Å²) in [6, 6.07) is 0.